The number of hydrogen-bond acceptors (Lipinski definition) is 2. The summed E-state index contributed by atoms with van der Waals surface area (Å²) in [5.74, 6) is 0.668. The van der Waals surface area contributed by atoms with Gasteiger partial charge in [0.25, 0.3) is 0 Å². The summed E-state index contributed by atoms with van der Waals surface area (Å²) in [5, 5.41) is 5.88. The molecule has 48 heavy (non-hydrogen) atoms. The highest BCUT2D eigenvalue weighted by molar-refractivity contribution is 6.12. The molecule has 10 rings (SSSR count). The number of hydrogen-bond donors (Lipinski definition) is 0. The highest BCUT2D eigenvalue weighted by Gasteiger charge is 2.18. The lowest BCUT2D eigenvalue weighted by molar-refractivity contribution is 1.01. The normalized spacial score (nSPS) is 11.8. The third kappa shape index (κ3) is 4.03. The van der Waals surface area contributed by atoms with E-state index < -0.39 is 0 Å². The zero-order valence-corrected chi connectivity index (χ0v) is 26.0. The Balaban J connectivity index is -0.0000000833. The standard InChI is InChI=1S/C44H28N4.26H2/c1-3-13-29(14-4-1)43-35-19-7-10-20-38(35)45-44(46-43)48-40-22-12-9-18-34(40)37-28-31(24-26-42(37)48)30-23-25-41-36(27-30)33-17-8-11-21-39(33)47(41)32-15-5-2-6-16-32;;;;;;;;;;;;;;;;;;;;;;;;;;/h1-28H;26*1H. The Morgan fingerprint density at radius 2 is 0.854 bits per heavy atom. The van der Waals surface area contributed by atoms with Crippen LogP contribution in [-0.4, -0.2) is 19.1 Å². The van der Waals surface area contributed by atoms with Gasteiger partial charge in [-0.1, -0.05) is 115 Å². The number of rotatable bonds is 4. The molecule has 0 aliphatic heterocycles. The van der Waals surface area contributed by atoms with Crippen LogP contribution < -0.4 is 0 Å². The van der Waals surface area contributed by atoms with E-state index in [2.05, 4.69) is 167 Å². The molecule has 0 radical (unpaired) electrons. The average Bonchev–Trinajstić information content (AvgIpc) is 3.67. The molecule has 0 N–H and O–H groups in total. The lowest BCUT2D eigenvalue weighted by Gasteiger charge is -2.12. The molecule has 10 aromatic rings. The Morgan fingerprint density at radius 1 is 0.354 bits per heavy atom. The van der Waals surface area contributed by atoms with Gasteiger partial charge in [-0.05, 0) is 65.7 Å². The summed E-state index contributed by atoms with van der Waals surface area (Å²) in [6.07, 6.45) is 0. The second-order valence-electron chi connectivity index (χ2n) is 12.3. The molecule has 3 aromatic heterocycles. The summed E-state index contributed by atoms with van der Waals surface area (Å²) in [7, 11) is 0. The van der Waals surface area contributed by atoms with Crippen LogP contribution in [0.15, 0.2) is 170 Å². The Bertz CT molecular complexity index is 2900. The van der Waals surface area contributed by atoms with Crippen molar-refractivity contribution in [2.45, 2.75) is 0 Å². The molecule has 276 valence electrons. The molecular weight excluding hydrogens is 585 g/mol. The van der Waals surface area contributed by atoms with E-state index in [9.17, 15) is 0 Å². The van der Waals surface area contributed by atoms with E-state index >= 15 is 0 Å². The van der Waals surface area contributed by atoms with E-state index in [-0.39, 0.29) is 37.1 Å². The third-order valence-corrected chi connectivity index (χ3v) is 9.53. The van der Waals surface area contributed by atoms with E-state index in [1.54, 1.807) is 0 Å². The fraction of sp³-hybridized carbons (Fsp3) is 0. The van der Waals surface area contributed by atoms with E-state index in [1.807, 2.05) is 12.1 Å². The first-order valence-electron chi connectivity index (χ1n) is 16.3. The minimum absolute atomic E-state index is 0. The maximum Gasteiger partial charge on any atom is 0.235 e. The first-order chi connectivity index (χ1) is 23.8. The second-order valence-corrected chi connectivity index (χ2v) is 12.3. The van der Waals surface area contributed by atoms with Gasteiger partial charge in [0, 0.05) is 75.3 Å². The van der Waals surface area contributed by atoms with Gasteiger partial charge in [-0.25, -0.2) is 9.97 Å². The molecule has 3 heterocycles. The van der Waals surface area contributed by atoms with Crippen LogP contribution in [0.2, 0.25) is 0 Å². The predicted octanol–water partition coefficient (Wildman–Crippen LogP) is 17.6. The van der Waals surface area contributed by atoms with Crippen molar-refractivity contribution in [3.05, 3.63) is 170 Å². The SMILES string of the molecule is [HH].[HH].[HH].[HH].[HH].[HH].[HH].[HH].[HH].[HH].[HH].[HH].[HH].[HH].[HH].[HH].[HH].[HH].[HH].[HH].[HH].[HH].[HH].[HH].[HH].[HH].c1ccc(-c2nc(-n3c4ccccc4c4cc(-c5ccc6c(c5)c5ccccc5n6-c5ccccc5)ccc43)nc3ccccc23)cc1. The van der Waals surface area contributed by atoms with E-state index in [0.717, 1.165) is 38.9 Å². The zero-order valence-electron chi connectivity index (χ0n) is 26.0. The molecule has 4 heteroatoms. The van der Waals surface area contributed by atoms with Crippen molar-refractivity contribution in [1.29, 1.82) is 0 Å². The van der Waals surface area contributed by atoms with Crippen LogP contribution in [-0.2, 0) is 0 Å². The van der Waals surface area contributed by atoms with Crippen LogP contribution in [0.25, 0.3) is 88.5 Å². The molecule has 0 atom stereocenters. The van der Waals surface area contributed by atoms with Gasteiger partial charge in [0.1, 0.15) is 0 Å². The highest BCUT2D eigenvalue weighted by atomic mass is 15.2. The zero-order chi connectivity index (χ0) is 31.6. The average molecular weight is 665 g/mol. The Labute approximate surface area is 315 Å². The molecule has 0 fully saturated rings. The monoisotopic (exact) mass is 665 g/mol. The smallest absolute Gasteiger partial charge is 0.235 e. The first-order valence-corrected chi connectivity index (χ1v) is 16.3. The molecular formula is C44H80N4. The molecule has 0 amide bonds. The molecule has 0 unspecified atom stereocenters. The summed E-state index contributed by atoms with van der Waals surface area (Å²) < 4.78 is 4.57. The number of benzene rings is 7. The maximum absolute atomic E-state index is 5.23. The van der Waals surface area contributed by atoms with Crippen molar-refractivity contribution >= 4 is 54.5 Å². The Kier molecular flexibility index (Phi) is 5.84. The number of nitrogens with zero attached hydrogens (tertiary/aromatic N) is 4. The van der Waals surface area contributed by atoms with Crippen molar-refractivity contribution in [1.82, 2.24) is 19.1 Å². The molecule has 4 nitrogen and oxygen atoms in total. The van der Waals surface area contributed by atoms with Crippen LogP contribution in [0, 0.1) is 0 Å². The quantitative estimate of drug-likeness (QED) is 0.188. The van der Waals surface area contributed by atoms with E-state index in [0.29, 0.717) is 5.95 Å². The number of fused-ring (bicyclic) bond motifs is 7. The summed E-state index contributed by atoms with van der Waals surface area (Å²) in [6.45, 7) is 0. The van der Waals surface area contributed by atoms with E-state index in [4.69, 9.17) is 9.97 Å². The highest BCUT2D eigenvalue weighted by Crippen LogP contribution is 2.38. The van der Waals surface area contributed by atoms with Gasteiger partial charge in [-0.2, -0.15) is 0 Å². The predicted molar refractivity (Wildman–Crippen MR) is 254 cm³/mol. The van der Waals surface area contributed by atoms with Crippen LogP contribution in [0.5, 0.6) is 0 Å². The van der Waals surface area contributed by atoms with Crippen molar-refractivity contribution in [2.24, 2.45) is 0 Å². The van der Waals surface area contributed by atoms with Gasteiger partial charge in [0.2, 0.25) is 5.95 Å². The summed E-state index contributed by atoms with van der Waals surface area (Å²) >= 11 is 0. The first kappa shape index (κ1) is 26.7. The van der Waals surface area contributed by atoms with Gasteiger partial charge < -0.3 is 4.57 Å². The summed E-state index contributed by atoms with van der Waals surface area (Å²) in [5.41, 5.74) is 11.0. The lowest BCUT2D eigenvalue weighted by atomic mass is 10.0. The van der Waals surface area contributed by atoms with Crippen molar-refractivity contribution in [2.75, 3.05) is 0 Å². The lowest BCUT2D eigenvalue weighted by Crippen LogP contribution is -2.03. The molecule has 0 aliphatic carbocycles. The van der Waals surface area contributed by atoms with Gasteiger partial charge in [-0.15, -0.1) is 0 Å². The van der Waals surface area contributed by atoms with Crippen LogP contribution in [0.1, 0.15) is 37.1 Å². The number of aromatic nitrogens is 4. The van der Waals surface area contributed by atoms with Crippen molar-refractivity contribution in [3.63, 3.8) is 0 Å². The van der Waals surface area contributed by atoms with Gasteiger partial charge in [0.15, 0.2) is 0 Å². The summed E-state index contributed by atoms with van der Waals surface area (Å²) in [4.78, 5) is 10.4. The van der Waals surface area contributed by atoms with Gasteiger partial charge in [0.05, 0.1) is 33.3 Å². The summed E-state index contributed by atoms with van der Waals surface area (Å²) in [6, 6.07) is 60.2. The molecule has 0 aliphatic rings. The minimum atomic E-state index is 0. The second kappa shape index (κ2) is 10.5. The topological polar surface area (TPSA) is 35.6 Å². The third-order valence-electron chi connectivity index (χ3n) is 9.53. The molecule has 7 aromatic carbocycles. The van der Waals surface area contributed by atoms with Gasteiger partial charge in [-0.3, -0.25) is 4.57 Å². The maximum atomic E-state index is 5.23. The van der Waals surface area contributed by atoms with Crippen LogP contribution in [0.3, 0.4) is 0 Å². The minimum Gasteiger partial charge on any atom is -0.309 e. The van der Waals surface area contributed by atoms with E-state index in [1.165, 1.54) is 43.7 Å². The van der Waals surface area contributed by atoms with Crippen molar-refractivity contribution < 1.29 is 37.1 Å². The number of para-hydroxylation sites is 4. The van der Waals surface area contributed by atoms with Crippen molar-refractivity contribution in [3.8, 4) is 34.0 Å². The fourth-order valence-electron chi connectivity index (χ4n) is 7.36. The Morgan fingerprint density at radius 3 is 1.52 bits per heavy atom. The molecule has 0 saturated carbocycles. The van der Waals surface area contributed by atoms with Crippen LogP contribution in [0.4, 0.5) is 0 Å². The Hall–Kier alpha value is -6.52. The molecule has 0 saturated heterocycles. The van der Waals surface area contributed by atoms with Crippen LogP contribution >= 0.6 is 0 Å². The molecule has 0 bridgehead atoms. The fourth-order valence-corrected chi connectivity index (χ4v) is 7.36. The molecule has 0 spiro atoms. The van der Waals surface area contributed by atoms with Gasteiger partial charge >= 0.3 is 0 Å². The largest absolute Gasteiger partial charge is 0.309 e.